The number of furan rings is 1. The fraction of sp³-hybridized carbons (Fsp3) is 0.429. The molecule has 0 aromatic carbocycles. The number of hydrogen-bond acceptors (Lipinski definition) is 4. The van der Waals surface area contributed by atoms with E-state index in [2.05, 4.69) is 31.3 Å². The van der Waals surface area contributed by atoms with Crippen LogP contribution in [0, 0.1) is 6.92 Å². The molecule has 18 heavy (non-hydrogen) atoms. The summed E-state index contributed by atoms with van der Waals surface area (Å²) in [5.41, 5.74) is 0. The van der Waals surface area contributed by atoms with Crippen LogP contribution in [0.4, 0.5) is 0 Å². The van der Waals surface area contributed by atoms with Crippen molar-refractivity contribution >= 4 is 11.3 Å². The second-order valence-electron chi connectivity index (χ2n) is 4.52. The first kappa shape index (κ1) is 13.3. The molecule has 1 atom stereocenters. The van der Waals surface area contributed by atoms with Crippen LogP contribution >= 0.6 is 11.3 Å². The molecule has 0 spiro atoms. The Hall–Kier alpha value is -1.10. The second kappa shape index (κ2) is 6.18. The van der Waals surface area contributed by atoms with Gasteiger partial charge in [0.15, 0.2) is 0 Å². The summed E-state index contributed by atoms with van der Waals surface area (Å²) < 4.78 is 5.43. The van der Waals surface area contributed by atoms with Gasteiger partial charge in [0.2, 0.25) is 0 Å². The number of nitrogens with one attached hydrogen (secondary N) is 1. The Balaban J connectivity index is 1.79. The third-order valence-electron chi connectivity index (χ3n) is 2.80. The van der Waals surface area contributed by atoms with Crippen LogP contribution in [0.5, 0.6) is 0 Å². The van der Waals surface area contributed by atoms with Gasteiger partial charge in [0.25, 0.3) is 0 Å². The van der Waals surface area contributed by atoms with E-state index >= 15 is 0 Å². The smallest absolute Gasteiger partial charge is 0.129 e. The minimum absolute atomic E-state index is 0.0377. The molecule has 0 bridgehead atoms. The Kier molecular flexibility index (Phi) is 4.58. The molecule has 98 valence electrons. The average Bonchev–Trinajstić information content (AvgIpc) is 2.95. The Morgan fingerprint density at radius 3 is 2.67 bits per heavy atom. The van der Waals surface area contributed by atoms with E-state index in [0.29, 0.717) is 18.3 Å². The van der Waals surface area contributed by atoms with Gasteiger partial charge in [-0.2, -0.15) is 0 Å². The fourth-order valence-corrected chi connectivity index (χ4v) is 2.86. The number of aliphatic hydroxyl groups is 1. The van der Waals surface area contributed by atoms with Crippen LogP contribution in [0.3, 0.4) is 0 Å². The molecular weight excluding hydrogens is 246 g/mol. The van der Waals surface area contributed by atoms with E-state index in [0.717, 1.165) is 12.2 Å². The fourth-order valence-electron chi connectivity index (χ4n) is 1.85. The molecule has 2 rings (SSSR count). The Bertz CT molecular complexity index is 489. The van der Waals surface area contributed by atoms with E-state index in [1.807, 2.05) is 23.5 Å². The summed E-state index contributed by atoms with van der Waals surface area (Å²) >= 11 is 1.85. The molecule has 4 heteroatoms. The van der Waals surface area contributed by atoms with Crippen molar-refractivity contribution in [1.29, 1.82) is 0 Å². The van der Waals surface area contributed by atoms with Gasteiger partial charge in [0, 0.05) is 15.8 Å². The maximum atomic E-state index is 8.91. The van der Waals surface area contributed by atoms with Crippen LogP contribution in [0.15, 0.2) is 28.7 Å². The van der Waals surface area contributed by atoms with Gasteiger partial charge in [0.05, 0.1) is 6.54 Å². The summed E-state index contributed by atoms with van der Waals surface area (Å²) in [5, 5.41) is 12.3. The average molecular weight is 265 g/mol. The lowest BCUT2D eigenvalue weighted by molar-refractivity contribution is 0.242. The van der Waals surface area contributed by atoms with Gasteiger partial charge in [-0.1, -0.05) is 0 Å². The van der Waals surface area contributed by atoms with Crippen molar-refractivity contribution in [3.8, 4) is 0 Å². The maximum Gasteiger partial charge on any atom is 0.129 e. The van der Waals surface area contributed by atoms with Crippen molar-refractivity contribution in [3.05, 3.63) is 45.5 Å². The molecule has 0 aliphatic heterocycles. The molecule has 2 heterocycles. The summed E-state index contributed by atoms with van der Waals surface area (Å²) in [6.45, 7) is 4.96. The van der Waals surface area contributed by atoms with E-state index < -0.39 is 0 Å². The predicted octanol–water partition coefficient (Wildman–Crippen LogP) is 2.86. The topological polar surface area (TPSA) is 45.4 Å². The molecule has 2 N–H and O–H groups in total. The molecule has 3 nitrogen and oxygen atoms in total. The zero-order chi connectivity index (χ0) is 13.0. The van der Waals surface area contributed by atoms with Crippen molar-refractivity contribution in [2.75, 3.05) is 0 Å². The maximum absolute atomic E-state index is 8.91. The monoisotopic (exact) mass is 265 g/mol. The summed E-state index contributed by atoms with van der Waals surface area (Å²) in [7, 11) is 0. The standard InChI is InChI=1S/C14H19NO2S/c1-10(7-14-6-3-11(2)18-14)15-8-12-4-5-13(9-16)17-12/h3-6,10,15-16H,7-9H2,1-2H3. The molecule has 0 aliphatic rings. The number of hydrogen-bond donors (Lipinski definition) is 2. The molecule has 1 unspecified atom stereocenters. The van der Waals surface area contributed by atoms with Crippen molar-refractivity contribution in [3.63, 3.8) is 0 Å². The molecule has 0 amide bonds. The lowest BCUT2D eigenvalue weighted by Gasteiger charge is -2.11. The van der Waals surface area contributed by atoms with Crippen molar-refractivity contribution in [2.45, 2.75) is 39.5 Å². The zero-order valence-corrected chi connectivity index (χ0v) is 11.6. The summed E-state index contributed by atoms with van der Waals surface area (Å²) in [4.78, 5) is 2.76. The van der Waals surface area contributed by atoms with Crippen LogP contribution in [-0.2, 0) is 19.6 Å². The molecular formula is C14H19NO2S. The van der Waals surface area contributed by atoms with Crippen molar-refractivity contribution < 1.29 is 9.52 Å². The van der Waals surface area contributed by atoms with Gasteiger partial charge in [-0.15, -0.1) is 11.3 Å². The van der Waals surface area contributed by atoms with E-state index in [-0.39, 0.29) is 6.61 Å². The highest BCUT2D eigenvalue weighted by molar-refractivity contribution is 7.11. The number of aliphatic hydroxyl groups excluding tert-OH is 1. The molecule has 0 aliphatic carbocycles. The van der Waals surface area contributed by atoms with Crippen LogP contribution < -0.4 is 5.32 Å². The molecule has 0 radical (unpaired) electrons. The van der Waals surface area contributed by atoms with E-state index in [4.69, 9.17) is 9.52 Å². The molecule has 0 saturated carbocycles. The Labute approximate surface area is 111 Å². The highest BCUT2D eigenvalue weighted by Gasteiger charge is 2.07. The quantitative estimate of drug-likeness (QED) is 0.844. The lowest BCUT2D eigenvalue weighted by atomic mass is 10.2. The van der Waals surface area contributed by atoms with Gasteiger partial charge < -0.3 is 14.8 Å². The summed E-state index contributed by atoms with van der Waals surface area (Å²) in [6, 6.07) is 8.47. The first-order valence-corrected chi connectivity index (χ1v) is 6.96. The normalized spacial score (nSPS) is 12.8. The van der Waals surface area contributed by atoms with Gasteiger partial charge in [0.1, 0.15) is 18.1 Å². The Morgan fingerprint density at radius 2 is 2.06 bits per heavy atom. The van der Waals surface area contributed by atoms with Crippen LogP contribution in [-0.4, -0.2) is 11.1 Å². The first-order chi connectivity index (χ1) is 8.67. The lowest BCUT2D eigenvalue weighted by Crippen LogP contribution is -2.27. The van der Waals surface area contributed by atoms with Crippen LogP contribution in [0.1, 0.15) is 28.2 Å². The third kappa shape index (κ3) is 3.70. The van der Waals surface area contributed by atoms with Gasteiger partial charge in [-0.3, -0.25) is 0 Å². The molecule has 0 fully saturated rings. The van der Waals surface area contributed by atoms with Crippen molar-refractivity contribution in [2.24, 2.45) is 0 Å². The van der Waals surface area contributed by atoms with Crippen molar-refractivity contribution in [1.82, 2.24) is 5.32 Å². The van der Waals surface area contributed by atoms with E-state index in [9.17, 15) is 0 Å². The number of thiophene rings is 1. The van der Waals surface area contributed by atoms with Gasteiger partial charge in [-0.05, 0) is 44.5 Å². The minimum Gasteiger partial charge on any atom is -0.462 e. The van der Waals surface area contributed by atoms with Gasteiger partial charge >= 0.3 is 0 Å². The second-order valence-corrected chi connectivity index (χ2v) is 5.90. The summed E-state index contributed by atoms with van der Waals surface area (Å²) in [6.07, 6.45) is 1.03. The van der Waals surface area contributed by atoms with Crippen LogP contribution in [0.2, 0.25) is 0 Å². The molecule has 2 aromatic rings. The molecule has 2 aromatic heterocycles. The highest BCUT2D eigenvalue weighted by atomic mass is 32.1. The SMILES string of the molecule is Cc1ccc(CC(C)NCc2ccc(CO)o2)s1. The van der Waals surface area contributed by atoms with E-state index in [1.165, 1.54) is 9.75 Å². The molecule has 0 saturated heterocycles. The minimum atomic E-state index is -0.0377. The highest BCUT2D eigenvalue weighted by Crippen LogP contribution is 2.17. The zero-order valence-electron chi connectivity index (χ0n) is 10.8. The van der Waals surface area contributed by atoms with Gasteiger partial charge in [-0.25, -0.2) is 0 Å². The third-order valence-corrected chi connectivity index (χ3v) is 3.82. The summed E-state index contributed by atoms with van der Waals surface area (Å²) in [5.74, 6) is 1.49. The largest absolute Gasteiger partial charge is 0.462 e. The number of aryl methyl sites for hydroxylation is 1. The first-order valence-electron chi connectivity index (χ1n) is 6.14. The Morgan fingerprint density at radius 1 is 1.28 bits per heavy atom. The van der Waals surface area contributed by atoms with E-state index in [1.54, 1.807) is 0 Å². The number of rotatable bonds is 6. The predicted molar refractivity (Wildman–Crippen MR) is 73.7 cm³/mol. The van der Waals surface area contributed by atoms with Crippen LogP contribution in [0.25, 0.3) is 0 Å².